The van der Waals surface area contributed by atoms with Gasteiger partial charge in [0.15, 0.2) is 12.5 Å². The third-order valence-electron chi connectivity index (χ3n) is 3.29. The van der Waals surface area contributed by atoms with Gasteiger partial charge in [0.25, 0.3) is 0 Å². The standard InChI is InChI=1S/C11H19N3O4/c1-3-6-9(17-2)8(16)10(18-6)14-5-4-7(15)13-11(14)12/h4-6,8-11,16H,3,12H2,1-2H3,(H,13,15)/t6-,8?,9?,10-,11?/m1/s1. The molecule has 1 amide bonds. The van der Waals surface area contributed by atoms with Crippen LogP contribution in [0.1, 0.15) is 13.3 Å². The number of hydrogen-bond donors (Lipinski definition) is 3. The van der Waals surface area contributed by atoms with Crippen LogP contribution in [-0.2, 0) is 14.3 Å². The minimum Gasteiger partial charge on any atom is -0.386 e. The molecule has 0 bridgehead atoms. The highest BCUT2D eigenvalue weighted by Crippen LogP contribution is 2.28. The second kappa shape index (κ2) is 5.23. The lowest BCUT2D eigenvalue weighted by Crippen LogP contribution is -2.59. The van der Waals surface area contributed by atoms with Crippen molar-refractivity contribution in [1.29, 1.82) is 0 Å². The van der Waals surface area contributed by atoms with E-state index in [2.05, 4.69) is 5.32 Å². The number of nitrogens with one attached hydrogen (secondary N) is 1. The molecule has 7 heteroatoms. The second-order valence-electron chi connectivity index (χ2n) is 4.38. The fraction of sp³-hybridized carbons (Fsp3) is 0.727. The van der Waals surface area contributed by atoms with E-state index in [4.69, 9.17) is 15.2 Å². The van der Waals surface area contributed by atoms with Crippen LogP contribution in [0.4, 0.5) is 0 Å². The van der Waals surface area contributed by atoms with Crippen LogP contribution in [0.3, 0.4) is 0 Å². The number of carbonyl (C=O) groups excluding carboxylic acids is 1. The number of methoxy groups -OCH3 is 1. The zero-order chi connectivity index (χ0) is 13.3. The first-order valence-electron chi connectivity index (χ1n) is 5.96. The summed E-state index contributed by atoms with van der Waals surface area (Å²) in [4.78, 5) is 12.7. The van der Waals surface area contributed by atoms with Crippen LogP contribution in [0.2, 0.25) is 0 Å². The van der Waals surface area contributed by atoms with Crippen LogP contribution < -0.4 is 11.1 Å². The molecule has 4 N–H and O–H groups in total. The number of carbonyl (C=O) groups is 1. The summed E-state index contributed by atoms with van der Waals surface area (Å²) in [6.45, 7) is 1.96. The van der Waals surface area contributed by atoms with Gasteiger partial charge in [-0.25, -0.2) is 0 Å². The Morgan fingerprint density at radius 1 is 1.67 bits per heavy atom. The molecule has 0 saturated carbocycles. The number of nitrogens with two attached hydrogens (primary N) is 1. The summed E-state index contributed by atoms with van der Waals surface area (Å²) in [6, 6.07) is 0. The number of hydrogen-bond acceptors (Lipinski definition) is 6. The summed E-state index contributed by atoms with van der Waals surface area (Å²) in [6.07, 6.45) is 0.882. The van der Waals surface area contributed by atoms with Gasteiger partial charge in [-0.15, -0.1) is 0 Å². The molecule has 0 aliphatic carbocycles. The lowest BCUT2D eigenvalue weighted by atomic mass is 10.1. The Balaban J connectivity index is 2.14. The Labute approximate surface area is 106 Å². The fourth-order valence-corrected chi connectivity index (χ4v) is 2.34. The van der Waals surface area contributed by atoms with Gasteiger partial charge in [-0.3, -0.25) is 10.5 Å². The van der Waals surface area contributed by atoms with Crippen molar-refractivity contribution in [2.45, 2.75) is 44.2 Å². The highest BCUT2D eigenvalue weighted by atomic mass is 16.6. The van der Waals surface area contributed by atoms with Crippen molar-refractivity contribution in [3.63, 3.8) is 0 Å². The quantitative estimate of drug-likeness (QED) is 0.580. The van der Waals surface area contributed by atoms with E-state index in [9.17, 15) is 9.90 Å². The summed E-state index contributed by atoms with van der Waals surface area (Å²) in [5.74, 6) is -0.262. The van der Waals surface area contributed by atoms with Crippen molar-refractivity contribution in [3.05, 3.63) is 12.3 Å². The van der Waals surface area contributed by atoms with Gasteiger partial charge in [0.2, 0.25) is 5.91 Å². The van der Waals surface area contributed by atoms with Crippen LogP contribution in [0.5, 0.6) is 0 Å². The predicted octanol–water partition coefficient (Wildman–Crippen LogP) is -1.31. The van der Waals surface area contributed by atoms with Crippen LogP contribution in [0.25, 0.3) is 0 Å². The van der Waals surface area contributed by atoms with Crippen molar-refractivity contribution in [1.82, 2.24) is 10.2 Å². The van der Waals surface area contributed by atoms with E-state index in [0.717, 1.165) is 6.42 Å². The first-order chi connectivity index (χ1) is 8.58. The molecule has 0 aromatic carbocycles. The molecule has 1 saturated heterocycles. The van der Waals surface area contributed by atoms with E-state index < -0.39 is 24.7 Å². The van der Waals surface area contributed by atoms with E-state index in [0.29, 0.717) is 0 Å². The minimum atomic E-state index is -0.814. The summed E-state index contributed by atoms with van der Waals surface area (Å²) >= 11 is 0. The zero-order valence-electron chi connectivity index (χ0n) is 10.4. The number of amides is 1. The Kier molecular flexibility index (Phi) is 3.86. The van der Waals surface area contributed by atoms with Crippen LogP contribution >= 0.6 is 0 Å². The SMILES string of the molecule is CC[C@H]1O[C@@H](N2C=CC(=O)NC2N)C(O)C1OC. The maximum absolute atomic E-state index is 11.1. The molecule has 3 unspecified atom stereocenters. The van der Waals surface area contributed by atoms with Crippen molar-refractivity contribution < 1.29 is 19.4 Å². The lowest BCUT2D eigenvalue weighted by molar-refractivity contribution is -0.125. The Morgan fingerprint density at radius 2 is 2.39 bits per heavy atom. The molecule has 0 aromatic rings. The van der Waals surface area contributed by atoms with Gasteiger partial charge in [-0.1, -0.05) is 6.92 Å². The predicted molar refractivity (Wildman–Crippen MR) is 62.9 cm³/mol. The van der Waals surface area contributed by atoms with Crippen molar-refractivity contribution >= 4 is 5.91 Å². The van der Waals surface area contributed by atoms with Crippen LogP contribution in [0, 0.1) is 0 Å². The summed E-state index contributed by atoms with van der Waals surface area (Å²) in [5.41, 5.74) is 5.80. The molecule has 2 heterocycles. The first kappa shape index (κ1) is 13.3. The molecule has 0 aromatic heterocycles. The second-order valence-corrected chi connectivity index (χ2v) is 4.38. The van der Waals surface area contributed by atoms with Crippen molar-refractivity contribution in [2.75, 3.05) is 7.11 Å². The van der Waals surface area contributed by atoms with E-state index in [1.165, 1.54) is 19.4 Å². The number of nitrogens with zero attached hydrogens (tertiary/aromatic N) is 1. The van der Waals surface area contributed by atoms with E-state index in [1.807, 2.05) is 6.92 Å². The number of ether oxygens (including phenoxy) is 2. The zero-order valence-corrected chi connectivity index (χ0v) is 10.4. The molecule has 0 spiro atoms. The first-order valence-corrected chi connectivity index (χ1v) is 5.96. The van der Waals surface area contributed by atoms with Crippen molar-refractivity contribution in [2.24, 2.45) is 5.73 Å². The van der Waals surface area contributed by atoms with Gasteiger partial charge in [0.1, 0.15) is 12.2 Å². The molecule has 7 nitrogen and oxygen atoms in total. The summed E-state index contributed by atoms with van der Waals surface area (Å²) in [5, 5.41) is 12.7. The number of aliphatic hydroxyl groups excluding tert-OH is 1. The van der Waals surface area contributed by atoms with Gasteiger partial charge in [0.05, 0.1) is 6.10 Å². The lowest BCUT2D eigenvalue weighted by Gasteiger charge is -2.36. The molecule has 5 atom stereocenters. The Bertz CT molecular complexity index is 349. The third kappa shape index (κ3) is 2.22. The van der Waals surface area contributed by atoms with Crippen LogP contribution in [0.15, 0.2) is 12.3 Å². The van der Waals surface area contributed by atoms with Crippen molar-refractivity contribution in [3.8, 4) is 0 Å². The van der Waals surface area contributed by atoms with Crippen LogP contribution in [-0.4, -0.2) is 53.9 Å². The molecule has 102 valence electrons. The molecule has 2 aliphatic rings. The van der Waals surface area contributed by atoms with E-state index >= 15 is 0 Å². The highest BCUT2D eigenvalue weighted by molar-refractivity contribution is 5.88. The number of rotatable bonds is 3. The van der Waals surface area contributed by atoms with Gasteiger partial charge < -0.3 is 24.8 Å². The van der Waals surface area contributed by atoms with Gasteiger partial charge in [0, 0.05) is 19.4 Å². The Hall–Kier alpha value is -1.15. The van der Waals surface area contributed by atoms with E-state index in [1.54, 1.807) is 4.90 Å². The highest BCUT2D eigenvalue weighted by Gasteiger charge is 2.46. The fourth-order valence-electron chi connectivity index (χ4n) is 2.34. The largest absolute Gasteiger partial charge is 0.386 e. The van der Waals surface area contributed by atoms with Gasteiger partial charge in [-0.05, 0) is 6.42 Å². The smallest absolute Gasteiger partial charge is 0.248 e. The topological polar surface area (TPSA) is 97.1 Å². The monoisotopic (exact) mass is 257 g/mol. The molecular weight excluding hydrogens is 238 g/mol. The van der Waals surface area contributed by atoms with Gasteiger partial charge in [-0.2, -0.15) is 0 Å². The molecule has 2 rings (SSSR count). The molecule has 18 heavy (non-hydrogen) atoms. The molecule has 2 aliphatic heterocycles. The molecule has 1 fully saturated rings. The normalized spacial score (nSPS) is 40.1. The summed E-state index contributed by atoms with van der Waals surface area (Å²) < 4.78 is 11.0. The molecule has 0 radical (unpaired) electrons. The minimum absolute atomic E-state index is 0.187. The van der Waals surface area contributed by atoms with Gasteiger partial charge >= 0.3 is 0 Å². The third-order valence-corrected chi connectivity index (χ3v) is 3.29. The van der Waals surface area contributed by atoms with E-state index in [-0.39, 0.29) is 12.0 Å². The maximum atomic E-state index is 11.1. The Morgan fingerprint density at radius 3 is 2.89 bits per heavy atom. The average Bonchev–Trinajstić information content (AvgIpc) is 2.66. The maximum Gasteiger partial charge on any atom is 0.248 e. The number of aliphatic hydroxyl groups is 1. The molecular formula is C11H19N3O4. The average molecular weight is 257 g/mol. The summed E-state index contributed by atoms with van der Waals surface area (Å²) in [7, 11) is 1.54.